The molecular weight excluding hydrogens is 284 g/mol. The van der Waals surface area contributed by atoms with Crippen LogP contribution in [0.2, 0.25) is 0 Å². The highest BCUT2D eigenvalue weighted by atomic mass is 35.5. The van der Waals surface area contributed by atoms with E-state index >= 15 is 0 Å². The molecule has 0 spiro atoms. The maximum Gasteiger partial charge on any atom is 0.254 e. The summed E-state index contributed by atoms with van der Waals surface area (Å²) in [7, 11) is 0. The van der Waals surface area contributed by atoms with Gasteiger partial charge in [-0.05, 0) is 57.3 Å². The van der Waals surface area contributed by atoms with E-state index in [-0.39, 0.29) is 18.3 Å². The van der Waals surface area contributed by atoms with Gasteiger partial charge < -0.3 is 10.2 Å². The van der Waals surface area contributed by atoms with Gasteiger partial charge in [-0.2, -0.15) is 0 Å². The molecule has 0 unspecified atom stereocenters. The van der Waals surface area contributed by atoms with Crippen LogP contribution in [0.5, 0.6) is 0 Å². The molecule has 1 saturated heterocycles. The van der Waals surface area contributed by atoms with Crippen LogP contribution in [-0.4, -0.2) is 37.0 Å². The van der Waals surface area contributed by atoms with E-state index in [1.54, 1.807) is 0 Å². The molecular formula is C17H27ClN2O. The second-order valence-corrected chi connectivity index (χ2v) is 5.86. The molecule has 1 aliphatic rings. The number of piperidine rings is 1. The van der Waals surface area contributed by atoms with E-state index in [0.717, 1.165) is 56.1 Å². The molecule has 1 aromatic rings. The first kappa shape index (κ1) is 18.0. The molecule has 0 atom stereocenters. The summed E-state index contributed by atoms with van der Waals surface area (Å²) >= 11 is 0. The Bertz CT molecular complexity index is 468. The zero-order valence-corrected chi connectivity index (χ0v) is 14.1. The number of benzene rings is 1. The van der Waals surface area contributed by atoms with Crippen molar-refractivity contribution in [3.63, 3.8) is 0 Å². The molecule has 0 saturated carbocycles. The third-order valence-electron chi connectivity index (χ3n) is 4.20. The zero-order chi connectivity index (χ0) is 14.5. The SMILES string of the molecule is CCNCC1CCN(C(=O)c2ccc(C)cc2C)CC1.Cl. The quantitative estimate of drug-likeness (QED) is 0.926. The number of hydrogen-bond acceptors (Lipinski definition) is 2. The third-order valence-corrected chi connectivity index (χ3v) is 4.20. The number of halogens is 1. The molecule has 0 bridgehead atoms. The van der Waals surface area contributed by atoms with Crippen molar-refractivity contribution < 1.29 is 4.79 Å². The van der Waals surface area contributed by atoms with Gasteiger partial charge in [0.2, 0.25) is 0 Å². The highest BCUT2D eigenvalue weighted by molar-refractivity contribution is 5.95. The fourth-order valence-corrected chi connectivity index (χ4v) is 2.91. The number of nitrogens with zero attached hydrogens (tertiary/aromatic N) is 1. The Balaban J connectivity index is 0.00000220. The molecule has 0 aromatic heterocycles. The fraction of sp³-hybridized carbons (Fsp3) is 0.588. The summed E-state index contributed by atoms with van der Waals surface area (Å²) in [6, 6.07) is 6.08. The van der Waals surface area contributed by atoms with E-state index < -0.39 is 0 Å². The van der Waals surface area contributed by atoms with Crippen molar-refractivity contribution in [2.24, 2.45) is 5.92 Å². The van der Waals surface area contributed by atoms with Crippen molar-refractivity contribution in [2.75, 3.05) is 26.2 Å². The van der Waals surface area contributed by atoms with Crippen LogP contribution in [0.15, 0.2) is 18.2 Å². The lowest BCUT2D eigenvalue weighted by Crippen LogP contribution is -2.41. The van der Waals surface area contributed by atoms with E-state index in [0.29, 0.717) is 0 Å². The Morgan fingerprint density at radius 1 is 1.29 bits per heavy atom. The van der Waals surface area contributed by atoms with Gasteiger partial charge in [-0.25, -0.2) is 0 Å². The van der Waals surface area contributed by atoms with Crippen molar-refractivity contribution in [1.82, 2.24) is 10.2 Å². The Hall–Kier alpha value is -1.06. The van der Waals surface area contributed by atoms with Crippen molar-refractivity contribution in [3.05, 3.63) is 34.9 Å². The summed E-state index contributed by atoms with van der Waals surface area (Å²) in [6.07, 6.45) is 2.23. The molecule has 2 rings (SSSR count). The number of nitrogens with one attached hydrogen (secondary N) is 1. The second kappa shape index (κ2) is 8.40. The monoisotopic (exact) mass is 310 g/mol. The predicted molar refractivity (Wildman–Crippen MR) is 90.3 cm³/mol. The minimum Gasteiger partial charge on any atom is -0.339 e. The molecule has 4 heteroatoms. The van der Waals surface area contributed by atoms with E-state index in [1.807, 2.05) is 24.0 Å². The lowest BCUT2D eigenvalue weighted by Gasteiger charge is -2.32. The van der Waals surface area contributed by atoms with Gasteiger partial charge in [0.05, 0.1) is 0 Å². The van der Waals surface area contributed by atoms with Gasteiger partial charge in [-0.3, -0.25) is 4.79 Å². The largest absolute Gasteiger partial charge is 0.339 e. The van der Waals surface area contributed by atoms with Gasteiger partial charge in [0, 0.05) is 18.7 Å². The molecule has 21 heavy (non-hydrogen) atoms. The van der Waals surface area contributed by atoms with Crippen LogP contribution in [0.4, 0.5) is 0 Å². The van der Waals surface area contributed by atoms with Gasteiger partial charge in [-0.1, -0.05) is 24.6 Å². The predicted octanol–water partition coefficient (Wildman–Crippen LogP) is 3.19. The normalized spacial score (nSPS) is 15.7. The molecule has 1 N–H and O–H groups in total. The van der Waals surface area contributed by atoms with E-state index in [9.17, 15) is 4.79 Å². The first-order valence-corrected chi connectivity index (χ1v) is 7.69. The first-order valence-electron chi connectivity index (χ1n) is 7.69. The molecule has 118 valence electrons. The highest BCUT2D eigenvalue weighted by Gasteiger charge is 2.24. The maximum absolute atomic E-state index is 12.6. The molecule has 1 aromatic carbocycles. The summed E-state index contributed by atoms with van der Waals surface area (Å²) in [5.41, 5.74) is 3.16. The average Bonchev–Trinajstić information content (AvgIpc) is 2.45. The number of aryl methyl sites for hydroxylation is 2. The third kappa shape index (κ3) is 4.72. The molecule has 1 fully saturated rings. The average molecular weight is 311 g/mol. The van der Waals surface area contributed by atoms with E-state index in [2.05, 4.69) is 25.2 Å². The number of likely N-dealkylation sites (tertiary alicyclic amines) is 1. The fourth-order valence-electron chi connectivity index (χ4n) is 2.91. The number of rotatable bonds is 4. The van der Waals surface area contributed by atoms with Crippen molar-refractivity contribution in [2.45, 2.75) is 33.6 Å². The van der Waals surface area contributed by atoms with Crippen LogP contribution in [0, 0.1) is 19.8 Å². The van der Waals surface area contributed by atoms with Gasteiger partial charge in [-0.15, -0.1) is 12.4 Å². The number of amides is 1. The number of carbonyl (C=O) groups excluding carboxylic acids is 1. The topological polar surface area (TPSA) is 32.3 Å². The van der Waals surface area contributed by atoms with Gasteiger partial charge in [0.25, 0.3) is 5.91 Å². The number of carbonyl (C=O) groups is 1. The summed E-state index contributed by atoms with van der Waals surface area (Å²) in [6.45, 7) is 10.1. The number of hydrogen-bond donors (Lipinski definition) is 1. The minimum absolute atomic E-state index is 0. The highest BCUT2D eigenvalue weighted by Crippen LogP contribution is 2.20. The lowest BCUT2D eigenvalue weighted by molar-refractivity contribution is 0.0689. The van der Waals surface area contributed by atoms with Crippen LogP contribution in [0.25, 0.3) is 0 Å². The van der Waals surface area contributed by atoms with Crippen LogP contribution >= 0.6 is 12.4 Å². The van der Waals surface area contributed by atoms with E-state index in [4.69, 9.17) is 0 Å². The van der Waals surface area contributed by atoms with E-state index in [1.165, 1.54) is 5.56 Å². The summed E-state index contributed by atoms with van der Waals surface area (Å²) in [5, 5.41) is 3.41. The zero-order valence-electron chi connectivity index (χ0n) is 13.3. The van der Waals surface area contributed by atoms with Gasteiger partial charge in [0.1, 0.15) is 0 Å². The first-order chi connectivity index (χ1) is 9.61. The van der Waals surface area contributed by atoms with Crippen LogP contribution in [0.3, 0.4) is 0 Å². The lowest BCUT2D eigenvalue weighted by atomic mass is 9.95. The Morgan fingerprint density at radius 2 is 1.95 bits per heavy atom. The summed E-state index contributed by atoms with van der Waals surface area (Å²) in [4.78, 5) is 14.6. The van der Waals surface area contributed by atoms with Crippen LogP contribution in [0.1, 0.15) is 41.3 Å². The second-order valence-electron chi connectivity index (χ2n) is 5.86. The minimum atomic E-state index is 0. The maximum atomic E-state index is 12.6. The van der Waals surface area contributed by atoms with Crippen LogP contribution < -0.4 is 5.32 Å². The summed E-state index contributed by atoms with van der Waals surface area (Å²) in [5.74, 6) is 0.919. The Kier molecular flexibility index (Phi) is 7.20. The van der Waals surface area contributed by atoms with Gasteiger partial charge in [0.15, 0.2) is 0 Å². The van der Waals surface area contributed by atoms with Crippen molar-refractivity contribution >= 4 is 18.3 Å². The molecule has 0 aliphatic carbocycles. The summed E-state index contributed by atoms with van der Waals surface area (Å²) < 4.78 is 0. The molecule has 1 heterocycles. The standard InChI is InChI=1S/C17H26N2O.ClH/c1-4-18-12-15-7-9-19(10-8-15)17(20)16-6-5-13(2)11-14(16)3;/h5-6,11,15,18H,4,7-10,12H2,1-3H3;1H. The molecule has 0 radical (unpaired) electrons. The molecule has 3 nitrogen and oxygen atoms in total. The molecule has 1 amide bonds. The van der Waals surface area contributed by atoms with Crippen molar-refractivity contribution in [1.29, 1.82) is 0 Å². The smallest absolute Gasteiger partial charge is 0.254 e. The van der Waals surface area contributed by atoms with Crippen LogP contribution in [-0.2, 0) is 0 Å². The Morgan fingerprint density at radius 3 is 2.52 bits per heavy atom. The van der Waals surface area contributed by atoms with Crippen molar-refractivity contribution in [3.8, 4) is 0 Å². The molecule has 1 aliphatic heterocycles. The van der Waals surface area contributed by atoms with Gasteiger partial charge >= 0.3 is 0 Å². The Labute approximate surface area is 134 Å².